The van der Waals surface area contributed by atoms with Gasteiger partial charge in [0.05, 0.1) is 4.90 Å². The zero-order valence-electron chi connectivity index (χ0n) is 17.3. The fourth-order valence-corrected chi connectivity index (χ4v) is 4.99. The van der Waals surface area contributed by atoms with E-state index in [2.05, 4.69) is 10.0 Å². The maximum absolute atomic E-state index is 12.9. The van der Waals surface area contributed by atoms with Gasteiger partial charge in [0.1, 0.15) is 6.04 Å². The molecule has 0 aliphatic carbocycles. The molecule has 1 saturated heterocycles. The van der Waals surface area contributed by atoms with Crippen molar-refractivity contribution in [3.05, 3.63) is 64.7 Å². The predicted molar refractivity (Wildman–Crippen MR) is 116 cm³/mol. The maximum atomic E-state index is 12.9. The second-order valence-electron chi connectivity index (χ2n) is 7.90. The predicted octanol–water partition coefficient (Wildman–Crippen LogP) is 0.427. The number of nitrogens with zero attached hydrogens (tertiary/aromatic N) is 1. The van der Waals surface area contributed by atoms with Crippen molar-refractivity contribution in [3.8, 4) is 0 Å². The number of rotatable bonds is 7. The Hall–Kier alpha value is -3.08. The minimum atomic E-state index is -3.72. The molecule has 32 heavy (non-hydrogen) atoms. The van der Waals surface area contributed by atoms with Gasteiger partial charge in [-0.25, -0.2) is 13.1 Å². The molecule has 9 nitrogen and oxygen atoms in total. The largest absolute Gasteiger partial charge is 0.330 e. The Balaban J connectivity index is 1.44. The average Bonchev–Trinajstić information content (AvgIpc) is 3.09. The van der Waals surface area contributed by atoms with Crippen LogP contribution < -0.4 is 15.8 Å². The monoisotopic (exact) mass is 456 g/mol. The molecule has 1 unspecified atom stereocenters. The Morgan fingerprint density at radius 1 is 1.06 bits per heavy atom. The third kappa shape index (κ3) is 4.43. The summed E-state index contributed by atoms with van der Waals surface area (Å²) >= 11 is 0. The molecule has 2 aromatic carbocycles. The molecule has 168 valence electrons. The summed E-state index contributed by atoms with van der Waals surface area (Å²) in [7, 11) is -3.72. The first kappa shape index (κ1) is 22.1. The van der Waals surface area contributed by atoms with Gasteiger partial charge < -0.3 is 10.6 Å². The van der Waals surface area contributed by atoms with Crippen LogP contribution in [0.25, 0.3) is 0 Å². The highest BCUT2D eigenvalue weighted by Gasteiger charge is 2.39. The highest BCUT2D eigenvalue weighted by molar-refractivity contribution is 7.89. The average molecular weight is 457 g/mol. The number of nitrogens with two attached hydrogens (primary N) is 1. The van der Waals surface area contributed by atoms with Crippen molar-refractivity contribution in [3.63, 3.8) is 0 Å². The molecule has 0 saturated carbocycles. The number of imide groups is 1. The van der Waals surface area contributed by atoms with Crippen molar-refractivity contribution in [1.29, 1.82) is 0 Å². The number of carbonyl (C=O) groups is 3. The molecule has 2 heterocycles. The zero-order chi connectivity index (χ0) is 22.9. The number of fused-ring (bicyclic) bond motifs is 1. The van der Waals surface area contributed by atoms with Crippen LogP contribution in [0.5, 0.6) is 0 Å². The standard InChI is InChI=1S/C22H24N4O5S/c23-10-9-14-2-5-17(6-3-14)32(30,31)24-12-15-1-4-16-13-26(22(29)18(16)11-15)19-7-8-20(27)25-21(19)28/h1-6,11,19,24H,7-10,12-13,23H2,(H,25,27,28). The van der Waals surface area contributed by atoms with Gasteiger partial charge in [0.25, 0.3) is 5.91 Å². The van der Waals surface area contributed by atoms with E-state index in [1.807, 2.05) is 0 Å². The molecule has 2 aliphatic heterocycles. The molecule has 0 bridgehead atoms. The van der Waals surface area contributed by atoms with Gasteiger partial charge in [0.2, 0.25) is 21.8 Å². The van der Waals surface area contributed by atoms with E-state index in [0.717, 1.165) is 11.1 Å². The normalized spacial score (nSPS) is 18.6. The molecule has 10 heteroatoms. The van der Waals surface area contributed by atoms with E-state index in [9.17, 15) is 22.8 Å². The van der Waals surface area contributed by atoms with Crippen molar-refractivity contribution in [2.45, 2.75) is 43.3 Å². The molecule has 0 aromatic heterocycles. The molecule has 2 aromatic rings. The molecule has 2 aliphatic rings. The van der Waals surface area contributed by atoms with Crippen LogP contribution in [0.1, 0.15) is 39.9 Å². The third-order valence-electron chi connectivity index (χ3n) is 5.73. The molecule has 4 rings (SSSR count). The van der Waals surface area contributed by atoms with Gasteiger partial charge in [0, 0.05) is 25.1 Å². The van der Waals surface area contributed by atoms with Gasteiger partial charge in [-0.2, -0.15) is 0 Å². The lowest BCUT2D eigenvalue weighted by Gasteiger charge is -2.29. The number of benzene rings is 2. The minimum absolute atomic E-state index is 0.0197. The first-order valence-electron chi connectivity index (χ1n) is 10.3. The Labute approximate surface area is 186 Å². The molecule has 1 fully saturated rings. The lowest BCUT2D eigenvalue weighted by atomic mass is 10.0. The van der Waals surface area contributed by atoms with Crippen LogP contribution in [0.3, 0.4) is 0 Å². The lowest BCUT2D eigenvalue weighted by molar-refractivity contribution is -0.136. The van der Waals surface area contributed by atoms with E-state index in [1.54, 1.807) is 30.3 Å². The van der Waals surface area contributed by atoms with Crippen LogP contribution in [-0.2, 0) is 39.1 Å². The van der Waals surface area contributed by atoms with Crippen molar-refractivity contribution < 1.29 is 22.8 Å². The molecule has 0 radical (unpaired) electrons. The van der Waals surface area contributed by atoms with E-state index in [4.69, 9.17) is 5.73 Å². The first-order chi connectivity index (χ1) is 15.3. The van der Waals surface area contributed by atoms with Crippen molar-refractivity contribution in [2.75, 3.05) is 6.54 Å². The second kappa shape index (κ2) is 8.81. The molecule has 1 atom stereocenters. The SMILES string of the molecule is NCCc1ccc(S(=O)(=O)NCc2ccc3c(c2)C(=O)N(C2CCC(=O)NC2=O)C3)cc1. The van der Waals surface area contributed by atoms with E-state index in [-0.39, 0.29) is 36.2 Å². The van der Waals surface area contributed by atoms with Crippen LogP contribution in [-0.4, -0.2) is 43.6 Å². The van der Waals surface area contributed by atoms with Gasteiger partial charge in [0.15, 0.2) is 0 Å². The summed E-state index contributed by atoms with van der Waals surface area (Å²) in [6.07, 6.45) is 1.16. The van der Waals surface area contributed by atoms with E-state index in [1.165, 1.54) is 17.0 Å². The van der Waals surface area contributed by atoms with Gasteiger partial charge in [-0.1, -0.05) is 24.3 Å². The van der Waals surface area contributed by atoms with Crippen molar-refractivity contribution >= 4 is 27.7 Å². The van der Waals surface area contributed by atoms with Crippen LogP contribution in [0.4, 0.5) is 0 Å². The summed E-state index contributed by atoms with van der Waals surface area (Å²) in [5.74, 6) is -1.10. The van der Waals surface area contributed by atoms with Crippen LogP contribution in [0.2, 0.25) is 0 Å². The second-order valence-corrected chi connectivity index (χ2v) is 9.67. The smallest absolute Gasteiger partial charge is 0.255 e. The molecule has 4 N–H and O–H groups in total. The number of amides is 3. The summed E-state index contributed by atoms with van der Waals surface area (Å²) < 4.78 is 27.8. The summed E-state index contributed by atoms with van der Waals surface area (Å²) in [6, 6.07) is 11.0. The first-order valence-corrected chi connectivity index (χ1v) is 11.8. The van der Waals surface area contributed by atoms with Gasteiger partial charge in [-0.05, 0) is 54.3 Å². The summed E-state index contributed by atoms with van der Waals surface area (Å²) in [4.78, 5) is 38.0. The fourth-order valence-electron chi connectivity index (χ4n) is 3.98. The summed E-state index contributed by atoms with van der Waals surface area (Å²) in [6.45, 7) is 0.788. The molecule has 3 amide bonds. The van der Waals surface area contributed by atoms with Crippen LogP contribution in [0.15, 0.2) is 47.4 Å². The van der Waals surface area contributed by atoms with Gasteiger partial charge in [-0.3, -0.25) is 19.7 Å². The maximum Gasteiger partial charge on any atom is 0.255 e. The minimum Gasteiger partial charge on any atom is -0.330 e. The van der Waals surface area contributed by atoms with Crippen molar-refractivity contribution in [1.82, 2.24) is 14.9 Å². The number of hydrogen-bond donors (Lipinski definition) is 3. The quantitative estimate of drug-likeness (QED) is 0.517. The number of sulfonamides is 1. The Morgan fingerprint density at radius 2 is 1.78 bits per heavy atom. The molecular weight excluding hydrogens is 432 g/mol. The topological polar surface area (TPSA) is 139 Å². The zero-order valence-corrected chi connectivity index (χ0v) is 18.2. The Bertz CT molecular complexity index is 1180. The highest BCUT2D eigenvalue weighted by Crippen LogP contribution is 2.28. The van der Waals surface area contributed by atoms with Crippen molar-refractivity contribution in [2.24, 2.45) is 5.73 Å². The summed E-state index contributed by atoms with van der Waals surface area (Å²) in [5, 5.41) is 2.27. The highest BCUT2D eigenvalue weighted by atomic mass is 32.2. The number of piperidine rings is 1. The van der Waals surface area contributed by atoms with E-state index < -0.39 is 22.0 Å². The Morgan fingerprint density at radius 3 is 2.47 bits per heavy atom. The third-order valence-corrected chi connectivity index (χ3v) is 7.14. The van der Waals surface area contributed by atoms with E-state index >= 15 is 0 Å². The summed E-state index contributed by atoms with van der Waals surface area (Å²) in [5.41, 5.74) is 8.32. The van der Waals surface area contributed by atoms with E-state index in [0.29, 0.717) is 30.5 Å². The number of nitrogens with one attached hydrogen (secondary N) is 2. The Kier molecular flexibility index (Phi) is 6.09. The molecule has 0 spiro atoms. The van der Waals surface area contributed by atoms with Gasteiger partial charge >= 0.3 is 0 Å². The number of carbonyl (C=O) groups excluding carboxylic acids is 3. The molecular formula is C22H24N4O5S. The fraction of sp³-hybridized carbons (Fsp3) is 0.318. The lowest BCUT2D eigenvalue weighted by Crippen LogP contribution is -2.52. The number of hydrogen-bond acceptors (Lipinski definition) is 6. The van der Waals surface area contributed by atoms with Crippen LogP contribution in [0, 0.1) is 0 Å². The van der Waals surface area contributed by atoms with Gasteiger partial charge in [-0.15, -0.1) is 0 Å². The van der Waals surface area contributed by atoms with Crippen LogP contribution >= 0.6 is 0 Å².